The molecule has 0 unspecified atom stereocenters. The Labute approximate surface area is 178 Å². The molecule has 0 aromatic carbocycles. The summed E-state index contributed by atoms with van der Waals surface area (Å²) in [5, 5.41) is 4.72. The van der Waals surface area contributed by atoms with Crippen molar-refractivity contribution in [2.75, 3.05) is 13.1 Å². The maximum absolute atomic E-state index is 12.8. The molecular formula is C22H23N5O4. The van der Waals surface area contributed by atoms with Gasteiger partial charge < -0.3 is 14.8 Å². The Balaban J connectivity index is 1.33. The van der Waals surface area contributed by atoms with Gasteiger partial charge in [-0.05, 0) is 36.5 Å². The Morgan fingerprint density at radius 3 is 2.74 bits per heavy atom. The lowest BCUT2D eigenvalue weighted by Gasteiger charge is -2.43. The van der Waals surface area contributed by atoms with E-state index in [1.807, 2.05) is 27.7 Å². The number of aromatic nitrogens is 2. The molecule has 3 aliphatic heterocycles. The largest absolute Gasteiger partial charge is 0.342 e. The number of hydrogen-bond donors (Lipinski definition) is 2. The molecule has 3 atom stereocenters. The fourth-order valence-corrected chi connectivity index (χ4v) is 4.95. The lowest BCUT2D eigenvalue weighted by Crippen LogP contribution is -2.49. The number of imide groups is 1. The molecule has 2 aromatic rings. The van der Waals surface area contributed by atoms with Crippen molar-refractivity contribution >= 4 is 17.8 Å². The van der Waals surface area contributed by atoms with Crippen LogP contribution in [0.2, 0.25) is 0 Å². The van der Waals surface area contributed by atoms with Crippen LogP contribution in [0.1, 0.15) is 30.9 Å². The van der Waals surface area contributed by atoms with Crippen LogP contribution >= 0.6 is 0 Å². The minimum atomic E-state index is -0.651. The highest BCUT2D eigenvalue weighted by molar-refractivity contribution is 6.04. The third-order valence-corrected chi connectivity index (χ3v) is 6.41. The van der Waals surface area contributed by atoms with Gasteiger partial charge in [-0.15, -0.1) is 0 Å². The Morgan fingerprint density at radius 2 is 2.00 bits per heavy atom. The van der Waals surface area contributed by atoms with Gasteiger partial charge in [0, 0.05) is 61.7 Å². The molecule has 9 heteroatoms. The van der Waals surface area contributed by atoms with Crippen LogP contribution in [0.4, 0.5) is 4.79 Å². The van der Waals surface area contributed by atoms with Crippen LogP contribution in [0, 0.1) is 5.92 Å². The number of nitrogens with one attached hydrogen (secondary N) is 2. The predicted molar refractivity (Wildman–Crippen MR) is 111 cm³/mol. The van der Waals surface area contributed by atoms with Gasteiger partial charge in [-0.1, -0.05) is 6.07 Å². The zero-order chi connectivity index (χ0) is 21.5. The molecule has 2 N–H and O–H groups in total. The van der Waals surface area contributed by atoms with Crippen molar-refractivity contribution in [3.05, 3.63) is 52.7 Å². The Bertz CT molecular complexity index is 1110. The average Bonchev–Trinajstić information content (AvgIpc) is 3.10. The maximum atomic E-state index is 12.8. The average molecular weight is 421 g/mol. The monoisotopic (exact) mass is 421 g/mol. The normalized spacial score (nSPS) is 24.4. The first-order valence-corrected chi connectivity index (χ1v) is 10.5. The van der Waals surface area contributed by atoms with Crippen molar-refractivity contribution < 1.29 is 14.4 Å². The van der Waals surface area contributed by atoms with Gasteiger partial charge in [0.1, 0.15) is 6.04 Å². The lowest BCUT2D eigenvalue weighted by atomic mass is 9.82. The smallest absolute Gasteiger partial charge is 0.322 e. The second-order valence-corrected chi connectivity index (χ2v) is 8.51. The molecule has 2 saturated heterocycles. The van der Waals surface area contributed by atoms with E-state index >= 15 is 0 Å². The first kappa shape index (κ1) is 19.5. The molecular weight excluding hydrogens is 398 g/mol. The van der Waals surface area contributed by atoms with E-state index in [0.29, 0.717) is 19.6 Å². The topological polar surface area (TPSA) is 113 Å². The molecule has 0 radical (unpaired) electrons. The van der Waals surface area contributed by atoms with Crippen molar-refractivity contribution in [1.82, 2.24) is 25.1 Å². The van der Waals surface area contributed by atoms with Crippen molar-refractivity contribution in [2.24, 2.45) is 5.92 Å². The van der Waals surface area contributed by atoms with Crippen LogP contribution in [0.5, 0.6) is 0 Å². The maximum Gasteiger partial charge on any atom is 0.322 e. The molecule has 0 aliphatic carbocycles. The summed E-state index contributed by atoms with van der Waals surface area (Å²) in [6.45, 7) is 1.76. The highest BCUT2D eigenvalue weighted by Gasteiger charge is 2.37. The quantitative estimate of drug-likeness (QED) is 0.711. The summed E-state index contributed by atoms with van der Waals surface area (Å²) in [7, 11) is 0. The number of hydrogen-bond acceptors (Lipinski definition) is 5. The summed E-state index contributed by atoms with van der Waals surface area (Å²) >= 11 is 0. The molecule has 5 heterocycles. The summed E-state index contributed by atoms with van der Waals surface area (Å²) in [4.78, 5) is 54.6. The van der Waals surface area contributed by atoms with Crippen molar-refractivity contribution in [3.63, 3.8) is 0 Å². The number of carbonyl (C=O) groups is 3. The van der Waals surface area contributed by atoms with E-state index in [9.17, 15) is 19.2 Å². The number of amides is 4. The highest BCUT2D eigenvalue weighted by atomic mass is 16.2. The molecule has 2 aromatic heterocycles. The minimum absolute atomic E-state index is 0.0196. The number of carbonyl (C=O) groups excluding carboxylic acids is 3. The van der Waals surface area contributed by atoms with E-state index in [-0.39, 0.29) is 42.1 Å². The van der Waals surface area contributed by atoms with Crippen LogP contribution in [-0.4, -0.2) is 51.4 Å². The van der Waals surface area contributed by atoms with Crippen LogP contribution in [0.3, 0.4) is 0 Å². The Hall–Kier alpha value is -3.49. The summed E-state index contributed by atoms with van der Waals surface area (Å²) < 4.78 is 1.85. The SMILES string of the molecule is O=C1NC(=O)[C@H](CCC(=O)N2C[C@@H]3C[C@H](C2)c2cc(-c4cccnc4)cc(=O)n2C3)N1. The van der Waals surface area contributed by atoms with E-state index < -0.39 is 12.1 Å². The zero-order valence-electron chi connectivity index (χ0n) is 16.9. The first-order valence-electron chi connectivity index (χ1n) is 10.5. The molecule has 0 saturated carbocycles. The molecule has 0 spiro atoms. The number of urea groups is 1. The second kappa shape index (κ2) is 7.64. The van der Waals surface area contributed by atoms with Gasteiger partial charge in [-0.25, -0.2) is 4.79 Å². The van der Waals surface area contributed by atoms with Gasteiger partial charge in [0.2, 0.25) is 5.91 Å². The third kappa shape index (κ3) is 3.71. The summed E-state index contributed by atoms with van der Waals surface area (Å²) in [5.41, 5.74) is 2.68. The summed E-state index contributed by atoms with van der Waals surface area (Å²) in [6.07, 6.45) is 4.86. The fraction of sp³-hybridized carbons (Fsp3) is 0.409. The van der Waals surface area contributed by atoms with Gasteiger partial charge in [0.05, 0.1) is 0 Å². The lowest BCUT2D eigenvalue weighted by molar-refractivity contribution is -0.134. The predicted octanol–water partition coefficient (Wildman–Crippen LogP) is 0.844. The standard InChI is InChI=1S/C22H23N5O4/c28-19(4-3-17-21(30)25-22(31)24-17)26-10-13-6-16(12-26)18-7-15(8-20(29)27(18)11-13)14-2-1-5-23-9-14/h1-2,5,7-9,13,16-17H,3-4,6,10-12H2,(H2,24,25,30,31)/t13-,16+,17-/m0/s1. The molecule has 5 rings (SSSR count). The van der Waals surface area contributed by atoms with Crippen LogP contribution in [0.15, 0.2) is 41.5 Å². The Morgan fingerprint density at radius 1 is 1.13 bits per heavy atom. The molecule has 2 fully saturated rings. The zero-order valence-corrected chi connectivity index (χ0v) is 16.9. The first-order chi connectivity index (χ1) is 15.0. The summed E-state index contributed by atoms with van der Waals surface area (Å²) in [5.74, 6) is -0.0886. The van der Waals surface area contributed by atoms with Gasteiger partial charge in [-0.2, -0.15) is 0 Å². The van der Waals surface area contributed by atoms with E-state index in [2.05, 4.69) is 15.6 Å². The number of likely N-dealkylation sites (tertiary alicyclic amines) is 1. The summed E-state index contributed by atoms with van der Waals surface area (Å²) in [6, 6.07) is 6.32. The number of nitrogens with zero attached hydrogens (tertiary/aromatic N) is 3. The molecule has 31 heavy (non-hydrogen) atoms. The van der Waals surface area contributed by atoms with Crippen LogP contribution in [0.25, 0.3) is 11.1 Å². The number of fused-ring (bicyclic) bond motifs is 4. The fourth-order valence-electron chi connectivity index (χ4n) is 4.95. The molecule has 3 aliphatic rings. The van der Waals surface area contributed by atoms with Crippen LogP contribution in [-0.2, 0) is 16.1 Å². The number of pyridine rings is 2. The van der Waals surface area contributed by atoms with Crippen LogP contribution < -0.4 is 16.2 Å². The van der Waals surface area contributed by atoms with Crippen molar-refractivity contribution in [2.45, 2.75) is 37.8 Å². The minimum Gasteiger partial charge on any atom is -0.342 e. The van der Waals surface area contributed by atoms with E-state index in [0.717, 1.165) is 23.2 Å². The molecule has 4 amide bonds. The number of rotatable bonds is 4. The van der Waals surface area contributed by atoms with Crippen molar-refractivity contribution in [3.8, 4) is 11.1 Å². The van der Waals surface area contributed by atoms with Gasteiger partial charge >= 0.3 is 6.03 Å². The van der Waals surface area contributed by atoms with Gasteiger partial charge in [0.25, 0.3) is 11.5 Å². The number of piperidine rings is 1. The highest BCUT2D eigenvalue weighted by Crippen LogP contribution is 2.36. The third-order valence-electron chi connectivity index (χ3n) is 6.41. The van der Waals surface area contributed by atoms with Crippen molar-refractivity contribution in [1.29, 1.82) is 0 Å². The van der Waals surface area contributed by atoms with E-state index in [1.54, 1.807) is 18.5 Å². The molecule has 160 valence electrons. The van der Waals surface area contributed by atoms with E-state index in [4.69, 9.17) is 0 Å². The van der Waals surface area contributed by atoms with E-state index in [1.165, 1.54) is 0 Å². The molecule has 2 bridgehead atoms. The Kier molecular flexibility index (Phi) is 4.80. The second-order valence-electron chi connectivity index (χ2n) is 8.51. The molecule has 9 nitrogen and oxygen atoms in total. The van der Waals surface area contributed by atoms with Gasteiger partial charge in [-0.3, -0.25) is 24.7 Å². The van der Waals surface area contributed by atoms with Gasteiger partial charge in [0.15, 0.2) is 0 Å².